The van der Waals surface area contributed by atoms with E-state index in [1.54, 1.807) is 42.6 Å². The minimum absolute atomic E-state index is 0.0189. The van der Waals surface area contributed by atoms with Crippen LogP contribution in [0.4, 0.5) is 0 Å². The summed E-state index contributed by atoms with van der Waals surface area (Å²) in [6.07, 6.45) is 1.86. The molecule has 224 valence electrons. The van der Waals surface area contributed by atoms with E-state index >= 15 is 0 Å². The number of phenols is 1. The lowest BCUT2D eigenvalue weighted by Gasteiger charge is -2.25. The van der Waals surface area contributed by atoms with E-state index in [0.29, 0.717) is 5.56 Å². The maximum Gasteiger partial charge on any atom is 0.326 e. The molecule has 3 amide bonds. The van der Waals surface area contributed by atoms with Crippen molar-refractivity contribution in [2.45, 2.75) is 50.4 Å². The highest BCUT2D eigenvalue weighted by molar-refractivity contribution is 5.94. The molecule has 0 aliphatic heterocycles. The Labute approximate surface area is 248 Å². The lowest BCUT2D eigenvalue weighted by Crippen LogP contribution is -2.58. The number of aromatic amines is 1. The molecule has 11 nitrogen and oxygen atoms in total. The lowest BCUT2D eigenvalue weighted by atomic mass is 10.0. The molecule has 0 aliphatic rings. The molecule has 0 fully saturated rings. The van der Waals surface area contributed by atoms with E-state index in [1.165, 1.54) is 19.1 Å². The van der Waals surface area contributed by atoms with Crippen molar-refractivity contribution in [2.75, 3.05) is 0 Å². The lowest BCUT2D eigenvalue weighted by molar-refractivity contribution is -0.142. The Kier molecular flexibility index (Phi) is 10.1. The second kappa shape index (κ2) is 14.1. The van der Waals surface area contributed by atoms with E-state index in [4.69, 9.17) is 5.73 Å². The van der Waals surface area contributed by atoms with E-state index in [-0.39, 0.29) is 25.0 Å². The smallest absolute Gasteiger partial charge is 0.326 e. The zero-order valence-corrected chi connectivity index (χ0v) is 23.6. The van der Waals surface area contributed by atoms with Crippen molar-refractivity contribution in [1.82, 2.24) is 20.9 Å². The summed E-state index contributed by atoms with van der Waals surface area (Å²) < 4.78 is 0. The maximum atomic E-state index is 13.6. The summed E-state index contributed by atoms with van der Waals surface area (Å²) in [5.41, 5.74) is 8.68. The molecule has 0 spiro atoms. The third-order valence-electron chi connectivity index (χ3n) is 7.05. The molecular weight excluding hydrogens is 550 g/mol. The number of carboxylic acids is 1. The number of amides is 3. The Hall–Kier alpha value is -5.16. The van der Waals surface area contributed by atoms with Gasteiger partial charge in [-0.15, -0.1) is 0 Å². The summed E-state index contributed by atoms with van der Waals surface area (Å²) in [4.78, 5) is 55.0. The summed E-state index contributed by atoms with van der Waals surface area (Å²) in [7, 11) is 0. The number of nitrogens with one attached hydrogen (secondary N) is 4. The molecule has 43 heavy (non-hydrogen) atoms. The summed E-state index contributed by atoms with van der Waals surface area (Å²) in [6.45, 7) is 1.48. The van der Waals surface area contributed by atoms with Gasteiger partial charge in [0.25, 0.3) is 0 Å². The van der Waals surface area contributed by atoms with Gasteiger partial charge in [0.15, 0.2) is 0 Å². The highest BCUT2D eigenvalue weighted by Gasteiger charge is 2.31. The van der Waals surface area contributed by atoms with Crippen LogP contribution in [0.1, 0.15) is 23.6 Å². The van der Waals surface area contributed by atoms with Gasteiger partial charge in [0, 0.05) is 36.4 Å². The number of carbonyl (C=O) groups excluding carboxylic acids is 3. The van der Waals surface area contributed by atoms with E-state index in [0.717, 1.165) is 22.0 Å². The Bertz CT molecular complexity index is 1570. The molecule has 0 radical (unpaired) electrons. The Balaban J connectivity index is 1.56. The summed E-state index contributed by atoms with van der Waals surface area (Å²) in [6, 6.07) is 18.2. The van der Waals surface area contributed by atoms with Gasteiger partial charge in [-0.3, -0.25) is 14.4 Å². The van der Waals surface area contributed by atoms with Crippen molar-refractivity contribution in [3.8, 4) is 5.75 Å². The molecule has 3 aromatic carbocycles. The van der Waals surface area contributed by atoms with Crippen LogP contribution in [-0.4, -0.2) is 63.1 Å². The van der Waals surface area contributed by atoms with Crippen molar-refractivity contribution < 1.29 is 29.4 Å². The van der Waals surface area contributed by atoms with Crippen LogP contribution in [0.25, 0.3) is 10.9 Å². The second-order valence-electron chi connectivity index (χ2n) is 10.4. The van der Waals surface area contributed by atoms with E-state index < -0.39 is 47.9 Å². The minimum atomic E-state index is -1.27. The molecule has 4 atom stereocenters. The average molecular weight is 586 g/mol. The molecule has 0 bridgehead atoms. The number of rotatable bonds is 13. The number of aromatic hydroxyl groups is 1. The first kappa shape index (κ1) is 30.8. The minimum Gasteiger partial charge on any atom is -0.508 e. The summed E-state index contributed by atoms with van der Waals surface area (Å²) in [5, 5.41) is 28.4. The highest BCUT2D eigenvalue weighted by atomic mass is 16.4. The van der Waals surface area contributed by atoms with Crippen LogP contribution < -0.4 is 21.7 Å². The van der Waals surface area contributed by atoms with Crippen LogP contribution in [0, 0.1) is 0 Å². The third-order valence-corrected chi connectivity index (χ3v) is 7.05. The molecular formula is C32H35N5O6. The number of aromatic nitrogens is 1. The second-order valence-corrected chi connectivity index (χ2v) is 10.4. The van der Waals surface area contributed by atoms with Crippen LogP contribution in [-0.2, 0) is 38.4 Å². The van der Waals surface area contributed by atoms with E-state index in [2.05, 4.69) is 20.9 Å². The molecule has 4 aromatic rings. The Morgan fingerprint density at radius 1 is 0.721 bits per heavy atom. The van der Waals surface area contributed by atoms with Crippen LogP contribution in [0.3, 0.4) is 0 Å². The van der Waals surface area contributed by atoms with Crippen molar-refractivity contribution in [3.63, 3.8) is 0 Å². The van der Waals surface area contributed by atoms with Crippen molar-refractivity contribution in [1.29, 1.82) is 0 Å². The van der Waals surface area contributed by atoms with Crippen molar-refractivity contribution >= 4 is 34.6 Å². The fourth-order valence-corrected chi connectivity index (χ4v) is 4.70. The third kappa shape index (κ3) is 8.43. The van der Waals surface area contributed by atoms with Crippen LogP contribution >= 0.6 is 0 Å². The highest BCUT2D eigenvalue weighted by Crippen LogP contribution is 2.19. The number of benzene rings is 3. The molecule has 4 unspecified atom stereocenters. The van der Waals surface area contributed by atoms with E-state index in [1.807, 2.05) is 30.3 Å². The normalized spacial score (nSPS) is 13.8. The SMILES string of the molecule is CC(N)C(=O)NC(Cc1ccc(O)cc1)C(=O)NC(Cc1ccccc1)C(=O)NC(Cc1c[nH]c2ccccc12)C(=O)O. The fourth-order valence-electron chi connectivity index (χ4n) is 4.70. The van der Waals surface area contributed by atoms with Gasteiger partial charge in [0.1, 0.15) is 23.9 Å². The molecule has 1 heterocycles. The molecule has 4 rings (SSSR count). The number of carbonyl (C=O) groups is 4. The van der Waals surface area contributed by atoms with Gasteiger partial charge >= 0.3 is 5.97 Å². The molecule has 0 aliphatic carbocycles. The van der Waals surface area contributed by atoms with Gasteiger partial charge in [0.05, 0.1) is 6.04 Å². The van der Waals surface area contributed by atoms with Gasteiger partial charge in [-0.25, -0.2) is 4.79 Å². The Morgan fingerprint density at radius 3 is 1.86 bits per heavy atom. The molecule has 1 aromatic heterocycles. The monoisotopic (exact) mass is 585 g/mol. The first-order valence-corrected chi connectivity index (χ1v) is 13.9. The first-order valence-electron chi connectivity index (χ1n) is 13.9. The maximum absolute atomic E-state index is 13.6. The van der Waals surface area contributed by atoms with Gasteiger partial charge in [-0.05, 0) is 41.8 Å². The number of hydrogen-bond acceptors (Lipinski definition) is 6. The van der Waals surface area contributed by atoms with Gasteiger partial charge in [-0.1, -0.05) is 60.7 Å². The first-order chi connectivity index (χ1) is 20.6. The number of carboxylic acid groups (broad SMARTS) is 1. The van der Waals surface area contributed by atoms with Gasteiger partial charge < -0.3 is 36.9 Å². The fraction of sp³-hybridized carbons (Fsp3) is 0.250. The molecule has 8 N–H and O–H groups in total. The van der Waals surface area contributed by atoms with Gasteiger partial charge in [-0.2, -0.15) is 0 Å². The molecule has 11 heteroatoms. The zero-order chi connectivity index (χ0) is 30.9. The largest absolute Gasteiger partial charge is 0.508 e. The standard InChI is InChI=1S/C32H35N5O6/c1-19(33)29(39)35-26(16-21-11-13-23(38)14-12-21)30(40)36-27(15-20-7-3-2-4-8-20)31(41)37-28(32(42)43)17-22-18-34-25-10-6-5-9-24(22)25/h2-14,18-19,26-28,34,38H,15-17,33H2,1H3,(H,35,39)(H,36,40)(H,37,41)(H,42,43). The van der Waals surface area contributed by atoms with Crippen molar-refractivity contribution in [2.24, 2.45) is 5.73 Å². The van der Waals surface area contributed by atoms with Crippen LogP contribution in [0.15, 0.2) is 85.1 Å². The predicted octanol–water partition coefficient (Wildman–Crippen LogP) is 1.79. The molecule has 0 saturated carbocycles. The number of hydrogen-bond donors (Lipinski definition) is 7. The topological polar surface area (TPSA) is 187 Å². The van der Waals surface area contributed by atoms with Crippen LogP contribution in [0.2, 0.25) is 0 Å². The van der Waals surface area contributed by atoms with E-state index in [9.17, 15) is 29.4 Å². The van der Waals surface area contributed by atoms with Gasteiger partial charge in [0.2, 0.25) is 17.7 Å². The van der Waals surface area contributed by atoms with Crippen LogP contribution in [0.5, 0.6) is 5.75 Å². The van der Waals surface area contributed by atoms with Crippen molar-refractivity contribution in [3.05, 3.63) is 102 Å². The number of aliphatic carboxylic acids is 1. The number of fused-ring (bicyclic) bond motifs is 1. The number of phenolic OH excluding ortho intramolecular Hbond substituents is 1. The summed E-state index contributed by atoms with van der Waals surface area (Å²) >= 11 is 0. The summed E-state index contributed by atoms with van der Waals surface area (Å²) in [5.74, 6) is -3.08. The predicted molar refractivity (Wildman–Crippen MR) is 161 cm³/mol. The quantitative estimate of drug-likeness (QED) is 0.125. The number of H-pyrrole nitrogens is 1. The Morgan fingerprint density at radius 2 is 1.26 bits per heavy atom. The number of para-hydroxylation sites is 1. The average Bonchev–Trinajstić information content (AvgIpc) is 3.40. The zero-order valence-electron chi connectivity index (χ0n) is 23.6. The molecule has 0 saturated heterocycles. The number of nitrogens with two attached hydrogens (primary N) is 1.